The van der Waals surface area contributed by atoms with Crippen LogP contribution < -0.4 is 5.32 Å². The lowest BCUT2D eigenvalue weighted by atomic mass is 9.87. The average molecular weight is 241 g/mol. The smallest absolute Gasteiger partial charge is 0.309 e. The van der Waals surface area contributed by atoms with Gasteiger partial charge in [0.1, 0.15) is 0 Å². The fourth-order valence-electron chi connectivity index (χ4n) is 2.19. The molecule has 17 heavy (non-hydrogen) atoms. The van der Waals surface area contributed by atoms with Gasteiger partial charge in [-0.1, -0.05) is 19.8 Å². The zero-order chi connectivity index (χ0) is 13.1. The molecule has 0 radical (unpaired) electrons. The number of rotatable bonds is 5. The Morgan fingerprint density at radius 1 is 1.29 bits per heavy atom. The first kappa shape index (κ1) is 14.0. The highest BCUT2D eigenvalue weighted by atomic mass is 16.4. The quantitative estimate of drug-likeness (QED) is 0.775. The SMILES string of the molecule is CC(C)(CCNC(=O)C1(C)CCCC1)C(=O)O. The minimum atomic E-state index is -0.821. The second-order valence-corrected chi connectivity index (χ2v) is 5.96. The third-order valence-electron chi connectivity index (χ3n) is 3.87. The second kappa shape index (κ2) is 5.07. The molecule has 0 aliphatic heterocycles. The van der Waals surface area contributed by atoms with Crippen LogP contribution in [0, 0.1) is 10.8 Å². The van der Waals surface area contributed by atoms with Gasteiger partial charge in [0.25, 0.3) is 0 Å². The molecule has 0 atom stereocenters. The molecule has 1 amide bonds. The van der Waals surface area contributed by atoms with Gasteiger partial charge >= 0.3 is 5.97 Å². The van der Waals surface area contributed by atoms with E-state index in [1.807, 2.05) is 6.92 Å². The van der Waals surface area contributed by atoms with Gasteiger partial charge in [-0.2, -0.15) is 0 Å². The summed E-state index contributed by atoms with van der Waals surface area (Å²) in [4.78, 5) is 22.9. The van der Waals surface area contributed by atoms with Crippen LogP contribution in [0.5, 0.6) is 0 Å². The first-order valence-electron chi connectivity index (χ1n) is 6.30. The number of carboxylic acids is 1. The minimum Gasteiger partial charge on any atom is -0.481 e. The number of carboxylic acid groups (broad SMARTS) is 1. The summed E-state index contributed by atoms with van der Waals surface area (Å²) >= 11 is 0. The van der Waals surface area contributed by atoms with E-state index < -0.39 is 11.4 Å². The molecule has 4 nitrogen and oxygen atoms in total. The monoisotopic (exact) mass is 241 g/mol. The molecule has 0 aromatic heterocycles. The van der Waals surface area contributed by atoms with Crippen molar-refractivity contribution in [2.45, 2.75) is 52.9 Å². The number of hydrogen-bond donors (Lipinski definition) is 2. The number of hydrogen-bond acceptors (Lipinski definition) is 2. The molecule has 0 unspecified atom stereocenters. The zero-order valence-electron chi connectivity index (χ0n) is 11.0. The number of aliphatic carboxylic acids is 1. The predicted molar refractivity (Wildman–Crippen MR) is 65.6 cm³/mol. The second-order valence-electron chi connectivity index (χ2n) is 5.96. The topological polar surface area (TPSA) is 66.4 Å². The summed E-state index contributed by atoms with van der Waals surface area (Å²) in [5.41, 5.74) is -1.00. The van der Waals surface area contributed by atoms with E-state index in [1.54, 1.807) is 13.8 Å². The molecule has 0 aromatic carbocycles. The van der Waals surface area contributed by atoms with E-state index in [0.29, 0.717) is 13.0 Å². The highest BCUT2D eigenvalue weighted by Crippen LogP contribution is 2.37. The summed E-state index contributed by atoms with van der Waals surface area (Å²) in [6.45, 7) is 5.79. The molecule has 1 saturated carbocycles. The van der Waals surface area contributed by atoms with E-state index in [4.69, 9.17) is 5.11 Å². The average Bonchev–Trinajstić information content (AvgIpc) is 2.66. The van der Waals surface area contributed by atoms with Gasteiger partial charge in [-0.15, -0.1) is 0 Å². The Kier molecular flexibility index (Phi) is 4.17. The van der Waals surface area contributed by atoms with Crippen molar-refractivity contribution in [3.63, 3.8) is 0 Å². The summed E-state index contributed by atoms with van der Waals surface area (Å²) in [6.07, 6.45) is 4.58. The Balaban J connectivity index is 2.37. The van der Waals surface area contributed by atoms with Gasteiger partial charge in [-0.25, -0.2) is 0 Å². The van der Waals surface area contributed by atoms with Crippen molar-refractivity contribution >= 4 is 11.9 Å². The van der Waals surface area contributed by atoms with Crippen LogP contribution in [0.2, 0.25) is 0 Å². The first-order chi connectivity index (χ1) is 7.78. The van der Waals surface area contributed by atoms with Gasteiger partial charge in [-0.05, 0) is 33.1 Å². The Morgan fingerprint density at radius 3 is 2.29 bits per heavy atom. The zero-order valence-corrected chi connectivity index (χ0v) is 11.0. The summed E-state index contributed by atoms with van der Waals surface area (Å²) < 4.78 is 0. The molecule has 4 heteroatoms. The van der Waals surface area contributed by atoms with Crippen molar-refractivity contribution in [3.8, 4) is 0 Å². The van der Waals surface area contributed by atoms with Gasteiger partial charge in [0.15, 0.2) is 0 Å². The molecular weight excluding hydrogens is 218 g/mol. The Bertz CT molecular complexity index is 304. The van der Waals surface area contributed by atoms with Crippen molar-refractivity contribution in [2.24, 2.45) is 10.8 Å². The molecule has 0 spiro atoms. The van der Waals surface area contributed by atoms with E-state index in [2.05, 4.69) is 5.32 Å². The van der Waals surface area contributed by atoms with Crippen LogP contribution >= 0.6 is 0 Å². The third kappa shape index (κ3) is 3.45. The van der Waals surface area contributed by atoms with Gasteiger partial charge in [0, 0.05) is 12.0 Å². The van der Waals surface area contributed by atoms with E-state index in [1.165, 1.54) is 0 Å². The van der Waals surface area contributed by atoms with Gasteiger partial charge in [0.2, 0.25) is 5.91 Å². The first-order valence-corrected chi connectivity index (χ1v) is 6.30. The summed E-state index contributed by atoms with van der Waals surface area (Å²) in [6, 6.07) is 0. The Morgan fingerprint density at radius 2 is 1.82 bits per heavy atom. The van der Waals surface area contributed by atoms with Crippen LogP contribution in [0.15, 0.2) is 0 Å². The number of carbonyl (C=O) groups is 2. The molecule has 98 valence electrons. The Labute approximate surface area is 103 Å². The normalized spacial score (nSPS) is 19.0. The molecule has 0 bridgehead atoms. The molecule has 0 saturated heterocycles. The lowest BCUT2D eigenvalue weighted by Gasteiger charge is -2.24. The molecule has 0 heterocycles. The van der Waals surface area contributed by atoms with E-state index in [-0.39, 0.29) is 11.3 Å². The van der Waals surface area contributed by atoms with E-state index in [9.17, 15) is 9.59 Å². The number of amides is 1. The van der Waals surface area contributed by atoms with Crippen LogP contribution in [0.1, 0.15) is 52.9 Å². The lowest BCUT2D eigenvalue weighted by molar-refractivity contribution is -0.147. The van der Waals surface area contributed by atoms with Crippen molar-refractivity contribution in [3.05, 3.63) is 0 Å². The summed E-state index contributed by atoms with van der Waals surface area (Å²) in [5.74, 6) is -0.741. The fourth-order valence-corrected chi connectivity index (χ4v) is 2.19. The van der Waals surface area contributed by atoms with Crippen molar-refractivity contribution in [2.75, 3.05) is 6.54 Å². The minimum absolute atomic E-state index is 0.0798. The van der Waals surface area contributed by atoms with Crippen LogP contribution in [0.3, 0.4) is 0 Å². The Hall–Kier alpha value is -1.06. The molecular formula is C13H23NO3. The van der Waals surface area contributed by atoms with E-state index >= 15 is 0 Å². The molecule has 1 fully saturated rings. The number of carbonyl (C=O) groups excluding carboxylic acids is 1. The summed E-state index contributed by atoms with van der Waals surface area (Å²) in [5, 5.41) is 11.8. The molecule has 2 N–H and O–H groups in total. The maximum atomic E-state index is 12.0. The van der Waals surface area contributed by atoms with Crippen molar-refractivity contribution in [1.82, 2.24) is 5.32 Å². The van der Waals surface area contributed by atoms with E-state index in [0.717, 1.165) is 25.7 Å². The van der Waals surface area contributed by atoms with Crippen LogP contribution in [-0.4, -0.2) is 23.5 Å². The van der Waals surface area contributed by atoms with Crippen LogP contribution in [0.4, 0.5) is 0 Å². The highest BCUT2D eigenvalue weighted by Gasteiger charge is 2.36. The van der Waals surface area contributed by atoms with Gasteiger partial charge < -0.3 is 10.4 Å². The third-order valence-corrected chi connectivity index (χ3v) is 3.87. The van der Waals surface area contributed by atoms with Crippen molar-refractivity contribution < 1.29 is 14.7 Å². The molecule has 1 aliphatic rings. The standard InChI is InChI=1S/C13H23NO3/c1-12(2,11(16)17)8-9-14-10(15)13(3)6-4-5-7-13/h4-9H2,1-3H3,(H,14,15)(H,16,17). The predicted octanol–water partition coefficient (Wildman–Crippen LogP) is 2.18. The van der Waals surface area contributed by atoms with Gasteiger partial charge in [0.05, 0.1) is 5.41 Å². The molecule has 1 aliphatic carbocycles. The van der Waals surface area contributed by atoms with Gasteiger partial charge in [-0.3, -0.25) is 9.59 Å². The molecule has 0 aromatic rings. The maximum Gasteiger partial charge on any atom is 0.309 e. The summed E-state index contributed by atoms with van der Waals surface area (Å²) in [7, 11) is 0. The number of nitrogens with one attached hydrogen (secondary N) is 1. The lowest BCUT2D eigenvalue weighted by Crippen LogP contribution is -2.39. The fraction of sp³-hybridized carbons (Fsp3) is 0.846. The largest absolute Gasteiger partial charge is 0.481 e. The van der Waals surface area contributed by atoms with Crippen LogP contribution in [-0.2, 0) is 9.59 Å². The van der Waals surface area contributed by atoms with Crippen molar-refractivity contribution in [1.29, 1.82) is 0 Å². The maximum absolute atomic E-state index is 12.0. The molecule has 1 rings (SSSR count). The van der Waals surface area contributed by atoms with Crippen LogP contribution in [0.25, 0.3) is 0 Å². The highest BCUT2D eigenvalue weighted by molar-refractivity contribution is 5.82.